The number of hydrogen-bond donors (Lipinski definition) is 0. The molecule has 3 aliphatic rings. The maximum atomic E-state index is 14.8. The molecule has 2 heterocycles. The molecule has 1 aromatic heterocycles. The summed E-state index contributed by atoms with van der Waals surface area (Å²) in [4.78, 5) is 18.7. The number of piperidine rings is 1. The fraction of sp³-hybridized carbons (Fsp3) is 0.500. The number of likely N-dealkylation sites (tertiary alicyclic amines) is 1. The molecule has 0 bridgehead atoms. The van der Waals surface area contributed by atoms with Gasteiger partial charge in [0.1, 0.15) is 0 Å². The van der Waals surface area contributed by atoms with Crippen LogP contribution in [0.2, 0.25) is 0 Å². The lowest BCUT2D eigenvalue weighted by Crippen LogP contribution is -2.40. The number of nitrogens with zero attached hydrogens (tertiary/aromatic N) is 2. The number of benzene rings is 1. The molecule has 3 fully saturated rings. The first kappa shape index (κ1) is 22.0. The van der Waals surface area contributed by atoms with Gasteiger partial charge in [-0.2, -0.15) is 0 Å². The van der Waals surface area contributed by atoms with Crippen molar-refractivity contribution in [3.05, 3.63) is 53.9 Å². The van der Waals surface area contributed by atoms with Gasteiger partial charge in [0.15, 0.2) is 11.5 Å². The first-order valence-corrected chi connectivity index (χ1v) is 11.0. The minimum absolute atomic E-state index is 0.0567. The maximum absolute atomic E-state index is 14.8. The lowest BCUT2D eigenvalue weighted by atomic mass is 9.82. The van der Waals surface area contributed by atoms with E-state index in [1.165, 1.54) is 24.3 Å². The summed E-state index contributed by atoms with van der Waals surface area (Å²) in [5.41, 5.74) is -0.637. The molecule has 9 heteroatoms. The highest BCUT2D eigenvalue weighted by Crippen LogP contribution is 2.69. The number of alkyl halides is 4. The van der Waals surface area contributed by atoms with Gasteiger partial charge in [0.25, 0.3) is 11.8 Å². The third-order valence-electron chi connectivity index (χ3n) is 7.19. The van der Waals surface area contributed by atoms with E-state index in [4.69, 9.17) is 9.47 Å². The monoisotopic (exact) mass is 464 g/mol. The zero-order chi connectivity index (χ0) is 23.4. The van der Waals surface area contributed by atoms with Gasteiger partial charge in [-0.3, -0.25) is 9.78 Å². The number of halogens is 4. The van der Waals surface area contributed by atoms with Gasteiger partial charge < -0.3 is 14.4 Å². The van der Waals surface area contributed by atoms with Crippen molar-refractivity contribution in [2.24, 2.45) is 11.8 Å². The van der Waals surface area contributed by atoms with Gasteiger partial charge >= 0.3 is 0 Å². The topological polar surface area (TPSA) is 51.7 Å². The Bertz CT molecular complexity index is 1060. The summed E-state index contributed by atoms with van der Waals surface area (Å²) < 4.78 is 66.6. The largest absolute Gasteiger partial charge is 0.493 e. The van der Waals surface area contributed by atoms with Crippen molar-refractivity contribution in [3.63, 3.8) is 0 Å². The van der Waals surface area contributed by atoms with Gasteiger partial charge in [0.05, 0.1) is 30.7 Å². The molecule has 1 saturated heterocycles. The predicted molar refractivity (Wildman–Crippen MR) is 111 cm³/mol. The first-order chi connectivity index (χ1) is 15.7. The highest BCUT2D eigenvalue weighted by Gasteiger charge is 2.82. The molecule has 1 amide bonds. The number of methoxy groups -OCH3 is 1. The van der Waals surface area contributed by atoms with Crippen molar-refractivity contribution in [3.8, 4) is 11.5 Å². The second-order valence-corrected chi connectivity index (χ2v) is 9.17. The summed E-state index contributed by atoms with van der Waals surface area (Å²) in [5.74, 6) is -6.44. The zero-order valence-corrected chi connectivity index (χ0v) is 18.1. The normalized spacial score (nSPS) is 27.3. The van der Waals surface area contributed by atoms with Gasteiger partial charge in [0, 0.05) is 43.6 Å². The Balaban J connectivity index is 1.27. The molecule has 2 unspecified atom stereocenters. The Labute approximate surface area is 188 Å². The van der Waals surface area contributed by atoms with Crippen LogP contribution >= 0.6 is 0 Å². The van der Waals surface area contributed by atoms with Gasteiger partial charge in [-0.15, -0.1) is 0 Å². The lowest BCUT2D eigenvalue weighted by molar-refractivity contribution is -0.119. The van der Waals surface area contributed by atoms with Crippen LogP contribution in [0.4, 0.5) is 17.6 Å². The van der Waals surface area contributed by atoms with Crippen LogP contribution in [0.5, 0.6) is 11.5 Å². The third kappa shape index (κ3) is 3.52. The summed E-state index contributed by atoms with van der Waals surface area (Å²) in [6.07, 6.45) is 1.25. The minimum atomic E-state index is -2.91. The van der Waals surface area contributed by atoms with Crippen LogP contribution in [0.15, 0.2) is 42.6 Å². The zero-order valence-electron chi connectivity index (χ0n) is 18.1. The summed E-state index contributed by atoms with van der Waals surface area (Å²) in [6, 6.07) is 9.61. The van der Waals surface area contributed by atoms with E-state index in [1.807, 2.05) is 0 Å². The van der Waals surface area contributed by atoms with E-state index in [-0.39, 0.29) is 50.8 Å². The first-order valence-electron chi connectivity index (χ1n) is 11.0. The van der Waals surface area contributed by atoms with Crippen LogP contribution in [0.3, 0.4) is 0 Å². The van der Waals surface area contributed by atoms with Crippen LogP contribution in [-0.2, 0) is 5.41 Å². The number of fused-ring (bicyclic) bond motifs is 1. The van der Waals surface area contributed by atoms with Crippen molar-refractivity contribution < 1.29 is 31.8 Å². The number of ether oxygens (including phenoxy) is 2. The predicted octanol–water partition coefficient (Wildman–Crippen LogP) is 4.56. The van der Waals surface area contributed by atoms with Crippen molar-refractivity contribution in [2.45, 2.75) is 36.5 Å². The highest BCUT2D eigenvalue weighted by atomic mass is 19.3. The van der Waals surface area contributed by atoms with Crippen molar-refractivity contribution >= 4 is 5.91 Å². The molecule has 0 N–H and O–H groups in total. The number of hydrogen-bond acceptors (Lipinski definition) is 4. The van der Waals surface area contributed by atoms with Crippen LogP contribution in [0.1, 0.15) is 35.3 Å². The minimum Gasteiger partial charge on any atom is -0.493 e. The van der Waals surface area contributed by atoms with Crippen molar-refractivity contribution in [2.75, 3.05) is 26.8 Å². The molecule has 1 aromatic carbocycles. The van der Waals surface area contributed by atoms with Gasteiger partial charge in [-0.05, 0) is 36.8 Å². The molecule has 5 rings (SSSR count). The summed E-state index contributed by atoms with van der Waals surface area (Å²) >= 11 is 0. The van der Waals surface area contributed by atoms with Crippen molar-refractivity contribution in [1.82, 2.24) is 9.88 Å². The number of carbonyl (C=O) groups excluding carboxylic acids is 1. The number of rotatable bonds is 6. The number of amides is 1. The Morgan fingerprint density at radius 2 is 1.94 bits per heavy atom. The van der Waals surface area contributed by atoms with Crippen molar-refractivity contribution in [1.29, 1.82) is 0 Å². The molecule has 0 radical (unpaired) electrons. The number of pyridine rings is 1. The summed E-state index contributed by atoms with van der Waals surface area (Å²) in [7, 11) is 1.42. The molecule has 1 aliphatic heterocycles. The molecule has 2 aliphatic carbocycles. The summed E-state index contributed by atoms with van der Waals surface area (Å²) in [5, 5.41) is 0. The van der Waals surface area contributed by atoms with E-state index in [0.717, 1.165) is 0 Å². The third-order valence-corrected chi connectivity index (χ3v) is 7.19. The number of aromatic nitrogens is 1. The Morgan fingerprint density at radius 3 is 2.58 bits per heavy atom. The quantitative estimate of drug-likeness (QED) is 0.588. The van der Waals surface area contributed by atoms with Crippen LogP contribution in [-0.4, -0.2) is 54.4 Å². The van der Waals surface area contributed by atoms with E-state index in [0.29, 0.717) is 22.8 Å². The Hall–Kier alpha value is -2.84. The standard InChI is InChI=1S/C24H24F4N2O3/c1-32-18-10-16(5-6-17(18)33-14-15-11-22(25,26)12-15)21(31)30-9-7-23(19(13-30)24(23,27)28)20-4-2-3-8-29-20/h2-6,8,10,15,19H,7,9,11-14H2,1H3. The van der Waals surface area contributed by atoms with Gasteiger partial charge in [0.2, 0.25) is 5.92 Å². The molecule has 33 heavy (non-hydrogen) atoms. The van der Waals surface area contributed by atoms with E-state index < -0.39 is 23.2 Å². The molecule has 2 saturated carbocycles. The average Bonchev–Trinajstić information content (AvgIpc) is 3.31. The van der Waals surface area contributed by atoms with E-state index >= 15 is 0 Å². The molecule has 0 spiro atoms. The van der Waals surface area contributed by atoms with E-state index in [2.05, 4.69) is 4.98 Å². The van der Waals surface area contributed by atoms with Crippen LogP contribution in [0, 0.1) is 11.8 Å². The molecule has 2 aromatic rings. The summed E-state index contributed by atoms with van der Waals surface area (Å²) in [6.45, 7) is 0.272. The Morgan fingerprint density at radius 1 is 1.15 bits per heavy atom. The van der Waals surface area contributed by atoms with E-state index in [9.17, 15) is 22.4 Å². The average molecular weight is 464 g/mol. The SMILES string of the molecule is COc1cc(C(=O)N2CCC3(c4ccccn4)C(C2)C3(F)F)ccc1OCC1CC(F)(F)C1. The van der Waals surface area contributed by atoms with Crippen LogP contribution in [0.25, 0.3) is 0 Å². The fourth-order valence-electron chi connectivity index (χ4n) is 5.27. The van der Waals surface area contributed by atoms with Gasteiger partial charge in [-0.25, -0.2) is 17.6 Å². The van der Waals surface area contributed by atoms with Gasteiger partial charge in [-0.1, -0.05) is 6.07 Å². The molecule has 5 nitrogen and oxygen atoms in total. The number of carbonyl (C=O) groups is 1. The second-order valence-electron chi connectivity index (χ2n) is 9.17. The van der Waals surface area contributed by atoms with Crippen LogP contribution < -0.4 is 9.47 Å². The molecule has 176 valence electrons. The molecule has 2 atom stereocenters. The van der Waals surface area contributed by atoms with E-state index in [1.54, 1.807) is 30.3 Å². The molecular weight excluding hydrogens is 440 g/mol. The smallest absolute Gasteiger partial charge is 0.265 e. The Kier molecular flexibility index (Phi) is 5.06. The maximum Gasteiger partial charge on any atom is 0.265 e. The lowest BCUT2D eigenvalue weighted by Gasteiger charge is -2.34. The second kappa shape index (κ2) is 7.60. The molecular formula is C24H24F4N2O3. The fourth-order valence-corrected chi connectivity index (χ4v) is 5.27. The highest BCUT2D eigenvalue weighted by molar-refractivity contribution is 5.95.